The maximum absolute atomic E-state index is 6.35. The van der Waals surface area contributed by atoms with Crippen LogP contribution >= 0.6 is 23.2 Å². The van der Waals surface area contributed by atoms with Crippen molar-refractivity contribution in [2.75, 3.05) is 0 Å². The van der Waals surface area contributed by atoms with Crippen LogP contribution in [0.25, 0.3) is 11.0 Å². The summed E-state index contributed by atoms with van der Waals surface area (Å²) in [7, 11) is 0. The molecule has 21 heavy (non-hydrogen) atoms. The Morgan fingerprint density at radius 3 is 2.90 bits per heavy atom. The van der Waals surface area contributed by atoms with Crippen LogP contribution in [0.5, 0.6) is 0 Å². The van der Waals surface area contributed by atoms with Crippen LogP contribution in [0.2, 0.25) is 5.02 Å². The van der Waals surface area contributed by atoms with Crippen molar-refractivity contribution in [1.29, 1.82) is 0 Å². The Morgan fingerprint density at radius 1 is 1.38 bits per heavy atom. The lowest BCUT2D eigenvalue weighted by Gasteiger charge is -2.28. The number of aromatic nitrogens is 2. The first-order valence-corrected chi connectivity index (χ1v) is 8.66. The lowest BCUT2D eigenvalue weighted by atomic mass is 9.82. The number of halogens is 2. The zero-order valence-corrected chi connectivity index (χ0v) is 14.2. The van der Waals surface area contributed by atoms with Crippen LogP contribution in [-0.2, 0) is 6.54 Å². The van der Waals surface area contributed by atoms with Crippen LogP contribution in [0.3, 0.4) is 0 Å². The van der Waals surface area contributed by atoms with Crippen LogP contribution in [0, 0.1) is 11.8 Å². The molecule has 3 unspecified atom stereocenters. The smallest absolute Gasteiger partial charge is 0.127 e. The van der Waals surface area contributed by atoms with Crippen molar-refractivity contribution in [3.05, 3.63) is 29.0 Å². The van der Waals surface area contributed by atoms with E-state index in [4.69, 9.17) is 28.2 Å². The Hall–Kier alpha value is -0.730. The van der Waals surface area contributed by atoms with E-state index >= 15 is 0 Å². The van der Waals surface area contributed by atoms with Crippen LogP contribution in [0.15, 0.2) is 18.2 Å². The molecule has 3 atom stereocenters. The molecule has 1 fully saturated rings. The Kier molecular flexibility index (Phi) is 4.46. The van der Waals surface area contributed by atoms with Crippen LogP contribution in [-0.4, -0.2) is 9.55 Å². The van der Waals surface area contributed by atoms with Crippen LogP contribution in [0.4, 0.5) is 0 Å². The fourth-order valence-electron chi connectivity index (χ4n) is 3.61. The minimum absolute atomic E-state index is 0.102. The molecule has 0 radical (unpaired) electrons. The summed E-state index contributed by atoms with van der Waals surface area (Å²) >= 11 is 12.6. The molecule has 1 aliphatic rings. The van der Waals surface area contributed by atoms with Crippen molar-refractivity contribution < 1.29 is 0 Å². The number of alkyl halides is 1. The molecule has 0 bridgehead atoms. The lowest BCUT2D eigenvalue weighted by Crippen LogP contribution is -2.19. The molecular formula is C17H22Cl2N2. The normalized spacial score (nSPS) is 24.4. The summed E-state index contributed by atoms with van der Waals surface area (Å²) in [6, 6.07) is 5.99. The third-order valence-corrected chi connectivity index (χ3v) is 5.10. The zero-order chi connectivity index (χ0) is 15.0. The molecule has 0 spiro atoms. The van der Waals surface area contributed by atoms with Gasteiger partial charge < -0.3 is 4.57 Å². The number of rotatable bonds is 3. The maximum atomic E-state index is 6.35. The molecule has 0 amide bonds. The number of imidazole rings is 1. The molecule has 114 valence electrons. The van der Waals surface area contributed by atoms with E-state index in [1.807, 2.05) is 19.1 Å². The van der Waals surface area contributed by atoms with E-state index in [1.54, 1.807) is 0 Å². The largest absolute Gasteiger partial charge is 0.326 e. The molecule has 4 heteroatoms. The molecule has 0 saturated heterocycles. The maximum Gasteiger partial charge on any atom is 0.127 e. The van der Waals surface area contributed by atoms with Crippen molar-refractivity contribution >= 4 is 34.2 Å². The van der Waals surface area contributed by atoms with Crippen molar-refractivity contribution in [3.8, 4) is 0 Å². The molecule has 0 N–H and O–H groups in total. The van der Waals surface area contributed by atoms with Crippen molar-refractivity contribution in [1.82, 2.24) is 9.55 Å². The third-order valence-electron chi connectivity index (χ3n) is 4.60. The van der Waals surface area contributed by atoms with Gasteiger partial charge in [0.15, 0.2) is 0 Å². The predicted octanol–water partition coefficient (Wildman–Crippen LogP) is 5.82. The highest BCUT2D eigenvalue weighted by Gasteiger charge is 2.23. The fraction of sp³-hybridized carbons (Fsp3) is 0.588. The zero-order valence-electron chi connectivity index (χ0n) is 12.6. The Morgan fingerprint density at radius 2 is 2.19 bits per heavy atom. The number of hydrogen-bond acceptors (Lipinski definition) is 1. The van der Waals surface area contributed by atoms with Gasteiger partial charge in [0.1, 0.15) is 11.3 Å². The minimum atomic E-state index is -0.102. The number of nitrogens with zero attached hydrogens (tertiary/aromatic N) is 2. The van der Waals surface area contributed by atoms with Gasteiger partial charge in [0.25, 0.3) is 0 Å². The van der Waals surface area contributed by atoms with E-state index in [2.05, 4.69) is 17.6 Å². The standard InChI is InChI=1S/C17H22Cl2N2/c1-11-5-3-6-13(9-11)10-21-15-8-4-7-14(19)16(15)20-17(21)12(2)18/h4,7-8,11-13H,3,5-6,9-10H2,1-2H3. The highest BCUT2D eigenvalue weighted by molar-refractivity contribution is 6.35. The number of para-hydroxylation sites is 1. The van der Waals surface area contributed by atoms with Gasteiger partial charge in [-0.2, -0.15) is 0 Å². The number of benzene rings is 1. The van der Waals surface area contributed by atoms with E-state index in [0.29, 0.717) is 5.02 Å². The van der Waals surface area contributed by atoms with E-state index in [0.717, 1.165) is 35.2 Å². The van der Waals surface area contributed by atoms with Gasteiger partial charge in [-0.15, -0.1) is 11.6 Å². The Balaban J connectivity index is 1.99. The monoisotopic (exact) mass is 324 g/mol. The van der Waals surface area contributed by atoms with Crippen molar-refractivity contribution in [3.63, 3.8) is 0 Å². The topological polar surface area (TPSA) is 17.8 Å². The van der Waals surface area contributed by atoms with Crippen molar-refractivity contribution in [2.45, 2.75) is 51.5 Å². The lowest BCUT2D eigenvalue weighted by molar-refractivity contribution is 0.257. The summed E-state index contributed by atoms with van der Waals surface area (Å²) in [5, 5.41) is 0.608. The highest BCUT2D eigenvalue weighted by Crippen LogP contribution is 2.34. The highest BCUT2D eigenvalue weighted by atomic mass is 35.5. The molecule has 1 heterocycles. The molecule has 1 aliphatic carbocycles. The summed E-state index contributed by atoms with van der Waals surface area (Å²) in [5.41, 5.74) is 1.99. The second-order valence-corrected chi connectivity index (χ2v) is 7.50. The average Bonchev–Trinajstić information content (AvgIpc) is 2.80. The summed E-state index contributed by atoms with van der Waals surface area (Å²) in [6.07, 6.45) is 5.31. The average molecular weight is 325 g/mol. The van der Waals surface area contributed by atoms with Crippen molar-refractivity contribution in [2.24, 2.45) is 11.8 Å². The summed E-state index contributed by atoms with van der Waals surface area (Å²) < 4.78 is 2.29. The van der Waals surface area contributed by atoms with Gasteiger partial charge in [0.05, 0.1) is 15.9 Å². The molecular weight excluding hydrogens is 303 g/mol. The molecule has 3 rings (SSSR count). The number of hydrogen-bond donors (Lipinski definition) is 0. The van der Waals surface area contributed by atoms with E-state index < -0.39 is 0 Å². The van der Waals surface area contributed by atoms with E-state index in [-0.39, 0.29) is 5.38 Å². The number of fused-ring (bicyclic) bond motifs is 1. The van der Waals surface area contributed by atoms with Gasteiger partial charge in [0, 0.05) is 6.54 Å². The van der Waals surface area contributed by atoms with Crippen LogP contribution < -0.4 is 0 Å². The van der Waals surface area contributed by atoms with Gasteiger partial charge in [0.2, 0.25) is 0 Å². The quantitative estimate of drug-likeness (QED) is 0.651. The summed E-state index contributed by atoms with van der Waals surface area (Å²) in [6.45, 7) is 5.35. The molecule has 2 nitrogen and oxygen atoms in total. The molecule has 2 aromatic rings. The summed E-state index contributed by atoms with van der Waals surface area (Å²) in [4.78, 5) is 4.70. The minimum Gasteiger partial charge on any atom is -0.326 e. The summed E-state index contributed by atoms with van der Waals surface area (Å²) in [5.74, 6) is 2.50. The molecule has 1 saturated carbocycles. The van der Waals surface area contributed by atoms with Gasteiger partial charge >= 0.3 is 0 Å². The van der Waals surface area contributed by atoms with E-state index in [1.165, 1.54) is 25.7 Å². The fourth-order valence-corrected chi connectivity index (χ4v) is 3.99. The molecule has 1 aromatic heterocycles. The Labute approximate surface area is 136 Å². The first-order chi connectivity index (χ1) is 10.1. The van der Waals surface area contributed by atoms with Gasteiger partial charge in [-0.25, -0.2) is 4.98 Å². The van der Waals surface area contributed by atoms with Crippen LogP contribution in [0.1, 0.15) is 50.7 Å². The first kappa shape index (κ1) is 15.2. The molecule has 1 aromatic carbocycles. The van der Waals surface area contributed by atoms with Gasteiger partial charge in [-0.3, -0.25) is 0 Å². The first-order valence-electron chi connectivity index (χ1n) is 7.85. The van der Waals surface area contributed by atoms with Gasteiger partial charge in [-0.05, 0) is 43.7 Å². The molecule has 0 aliphatic heterocycles. The Bertz CT molecular complexity index is 633. The second-order valence-electron chi connectivity index (χ2n) is 6.44. The predicted molar refractivity (Wildman–Crippen MR) is 90.1 cm³/mol. The van der Waals surface area contributed by atoms with E-state index in [9.17, 15) is 0 Å². The third kappa shape index (κ3) is 3.07. The SMILES string of the molecule is CC1CCCC(Cn2c(C(C)Cl)nc3c(Cl)cccc32)C1. The van der Waals surface area contributed by atoms with Gasteiger partial charge in [-0.1, -0.05) is 37.4 Å². The second kappa shape index (κ2) is 6.18.